The summed E-state index contributed by atoms with van der Waals surface area (Å²) in [6.07, 6.45) is 5.49. The van der Waals surface area contributed by atoms with Gasteiger partial charge in [0.25, 0.3) is 0 Å². The van der Waals surface area contributed by atoms with Gasteiger partial charge in [-0.05, 0) is 56.9 Å². The molecule has 1 atom stereocenters. The van der Waals surface area contributed by atoms with E-state index in [1.54, 1.807) is 0 Å². The summed E-state index contributed by atoms with van der Waals surface area (Å²) in [6, 6.07) is 11.8. The van der Waals surface area contributed by atoms with Gasteiger partial charge in [0, 0.05) is 42.8 Å². The van der Waals surface area contributed by atoms with Crippen LogP contribution in [0.15, 0.2) is 48.8 Å². The van der Waals surface area contributed by atoms with E-state index in [0.717, 1.165) is 25.1 Å². The summed E-state index contributed by atoms with van der Waals surface area (Å²) in [5.41, 5.74) is 1.14. The van der Waals surface area contributed by atoms with Crippen LogP contribution in [0.1, 0.15) is 24.3 Å². The summed E-state index contributed by atoms with van der Waals surface area (Å²) >= 11 is 5.99. The molecule has 1 aromatic carbocycles. The van der Waals surface area contributed by atoms with Crippen LogP contribution in [0.4, 0.5) is 0 Å². The average Bonchev–Trinajstić information content (AvgIpc) is 3.04. The lowest BCUT2D eigenvalue weighted by atomic mass is 9.95. The molecule has 0 aliphatic rings. The first-order chi connectivity index (χ1) is 11.5. The molecule has 0 aliphatic carbocycles. The molecule has 4 nitrogen and oxygen atoms in total. The Bertz CT molecular complexity index is 608. The molecule has 1 heterocycles. The van der Waals surface area contributed by atoms with E-state index in [2.05, 4.69) is 14.8 Å². The van der Waals surface area contributed by atoms with E-state index in [4.69, 9.17) is 11.6 Å². The molecule has 0 fully saturated rings. The van der Waals surface area contributed by atoms with Crippen LogP contribution in [0.3, 0.4) is 0 Å². The third kappa shape index (κ3) is 6.38. The van der Waals surface area contributed by atoms with E-state index in [1.165, 1.54) is 0 Å². The van der Waals surface area contributed by atoms with Crippen molar-refractivity contribution in [3.05, 3.63) is 59.4 Å². The largest absolute Gasteiger partial charge is 0.356 e. The third-order valence-electron chi connectivity index (χ3n) is 3.97. The molecule has 2 rings (SSSR count). The second kappa shape index (κ2) is 9.50. The van der Waals surface area contributed by atoms with Gasteiger partial charge >= 0.3 is 0 Å². The molecule has 0 radical (unpaired) electrons. The number of carbonyl (C=O) groups is 1. The minimum absolute atomic E-state index is 0.0980. The maximum atomic E-state index is 12.3. The molecular formula is C19H26ClN3O. The standard InChI is InChI=1S/C19H26ClN3O/c1-22(2)11-5-10-21-19(24)14-17(15-23-12-3-4-13-23)16-6-8-18(20)9-7-16/h3-4,6-9,12-13,17H,5,10-11,14-15H2,1-2H3,(H,21,24)/t17-/m0/s1. The molecule has 5 heteroatoms. The number of halogens is 1. The number of benzene rings is 1. The van der Waals surface area contributed by atoms with Crippen molar-refractivity contribution in [1.82, 2.24) is 14.8 Å². The van der Waals surface area contributed by atoms with Crippen molar-refractivity contribution >= 4 is 17.5 Å². The third-order valence-corrected chi connectivity index (χ3v) is 4.23. The van der Waals surface area contributed by atoms with Crippen molar-refractivity contribution in [3.8, 4) is 0 Å². The topological polar surface area (TPSA) is 37.3 Å². The summed E-state index contributed by atoms with van der Waals surface area (Å²) in [5, 5.41) is 3.74. The number of aromatic nitrogens is 1. The predicted octanol–water partition coefficient (Wildman–Crippen LogP) is 3.38. The Morgan fingerprint density at radius 3 is 2.50 bits per heavy atom. The van der Waals surface area contributed by atoms with E-state index >= 15 is 0 Å². The van der Waals surface area contributed by atoms with Gasteiger partial charge in [-0.15, -0.1) is 0 Å². The number of carbonyl (C=O) groups excluding carboxylic acids is 1. The van der Waals surface area contributed by atoms with Crippen molar-refractivity contribution in [2.24, 2.45) is 0 Å². The maximum absolute atomic E-state index is 12.3. The predicted molar refractivity (Wildman–Crippen MR) is 99.4 cm³/mol. The first-order valence-corrected chi connectivity index (χ1v) is 8.70. The highest BCUT2D eigenvalue weighted by Gasteiger charge is 2.16. The van der Waals surface area contributed by atoms with Gasteiger partial charge in [0.2, 0.25) is 5.91 Å². The fraction of sp³-hybridized carbons (Fsp3) is 0.421. The lowest BCUT2D eigenvalue weighted by Gasteiger charge is -2.18. The van der Waals surface area contributed by atoms with Crippen LogP contribution in [0, 0.1) is 0 Å². The normalized spacial score (nSPS) is 12.3. The van der Waals surface area contributed by atoms with Crippen LogP contribution >= 0.6 is 11.6 Å². The molecule has 1 N–H and O–H groups in total. The summed E-state index contributed by atoms with van der Waals surface area (Å²) < 4.78 is 2.11. The average molecular weight is 348 g/mol. The van der Waals surface area contributed by atoms with Crippen LogP contribution < -0.4 is 5.32 Å². The van der Waals surface area contributed by atoms with E-state index in [0.29, 0.717) is 18.0 Å². The summed E-state index contributed by atoms with van der Waals surface area (Å²) in [5.74, 6) is 0.226. The summed E-state index contributed by atoms with van der Waals surface area (Å²) in [4.78, 5) is 14.4. The summed E-state index contributed by atoms with van der Waals surface area (Å²) in [7, 11) is 4.07. The Labute approximate surface area is 149 Å². The van der Waals surface area contributed by atoms with Crippen LogP contribution in [-0.2, 0) is 11.3 Å². The highest BCUT2D eigenvalue weighted by Crippen LogP contribution is 2.23. The second-order valence-electron chi connectivity index (χ2n) is 6.34. The highest BCUT2D eigenvalue weighted by molar-refractivity contribution is 6.30. The molecule has 24 heavy (non-hydrogen) atoms. The van der Waals surface area contributed by atoms with Gasteiger partial charge in [-0.1, -0.05) is 23.7 Å². The number of amides is 1. The highest BCUT2D eigenvalue weighted by atomic mass is 35.5. The van der Waals surface area contributed by atoms with Gasteiger partial charge in [-0.25, -0.2) is 0 Å². The van der Waals surface area contributed by atoms with Crippen LogP contribution in [-0.4, -0.2) is 42.6 Å². The quantitative estimate of drug-likeness (QED) is 0.706. The zero-order valence-electron chi connectivity index (χ0n) is 14.4. The fourth-order valence-electron chi connectivity index (χ4n) is 2.69. The second-order valence-corrected chi connectivity index (χ2v) is 6.78. The van der Waals surface area contributed by atoms with E-state index in [9.17, 15) is 4.79 Å². The van der Waals surface area contributed by atoms with E-state index < -0.39 is 0 Å². The fourth-order valence-corrected chi connectivity index (χ4v) is 2.81. The van der Waals surface area contributed by atoms with Gasteiger partial charge in [0.1, 0.15) is 0 Å². The van der Waals surface area contributed by atoms with Crippen LogP contribution in [0.2, 0.25) is 5.02 Å². The maximum Gasteiger partial charge on any atom is 0.220 e. The zero-order chi connectivity index (χ0) is 17.4. The number of nitrogens with one attached hydrogen (secondary N) is 1. The molecule has 0 bridgehead atoms. The SMILES string of the molecule is CN(C)CCCNC(=O)C[C@@H](Cn1cccc1)c1ccc(Cl)cc1. The van der Waals surface area contributed by atoms with Gasteiger partial charge < -0.3 is 14.8 Å². The van der Waals surface area contributed by atoms with Crippen molar-refractivity contribution in [2.45, 2.75) is 25.3 Å². The molecule has 1 aromatic heterocycles. The van der Waals surface area contributed by atoms with Crippen molar-refractivity contribution in [1.29, 1.82) is 0 Å². The Kier molecular flexibility index (Phi) is 7.35. The molecule has 0 unspecified atom stereocenters. The lowest BCUT2D eigenvalue weighted by molar-refractivity contribution is -0.121. The summed E-state index contributed by atoms with van der Waals surface area (Å²) in [6.45, 7) is 2.47. The Morgan fingerprint density at radius 1 is 1.21 bits per heavy atom. The molecule has 130 valence electrons. The first kappa shape index (κ1) is 18.6. The van der Waals surface area contributed by atoms with E-state index in [-0.39, 0.29) is 11.8 Å². The van der Waals surface area contributed by atoms with Gasteiger partial charge in [-0.3, -0.25) is 4.79 Å². The van der Waals surface area contributed by atoms with Crippen molar-refractivity contribution < 1.29 is 4.79 Å². The number of hydrogen-bond donors (Lipinski definition) is 1. The Balaban J connectivity index is 1.95. The Hall–Kier alpha value is -1.78. The zero-order valence-corrected chi connectivity index (χ0v) is 15.2. The smallest absolute Gasteiger partial charge is 0.220 e. The van der Waals surface area contributed by atoms with E-state index in [1.807, 2.05) is 62.9 Å². The molecule has 0 saturated carbocycles. The minimum Gasteiger partial charge on any atom is -0.356 e. The molecule has 0 spiro atoms. The van der Waals surface area contributed by atoms with Crippen LogP contribution in [0.25, 0.3) is 0 Å². The lowest BCUT2D eigenvalue weighted by Crippen LogP contribution is -2.29. The van der Waals surface area contributed by atoms with Gasteiger partial charge in [-0.2, -0.15) is 0 Å². The van der Waals surface area contributed by atoms with Crippen LogP contribution in [0.5, 0.6) is 0 Å². The first-order valence-electron chi connectivity index (χ1n) is 8.32. The number of rotatable bonds is 9. The molecule has 0 saturated heterocycles. The Morgan fingerprint density at radius 2 is 1.88 bits per heavy atom. The van der Waals surface area contributed by atoms with Gasteiger partial charge in [0.15, 0.2) is 0 Å². The van der Waals surface area contributed by atoms with Gasteiger partial charge in [0.05, 0.1) is 0 Å². The number of nitrogens with zero attached hydrogens (tertiary/aromatic N) is 2. The molecular weight excluding hydrogens is 322 g/mol. The molecule has 0 aliphatic heterocycles. The molecule has 1 amide bonds. The monoisotopic (exact) mass is 347 g/mol. The van der Waals surface area contributed by atoms with Crippen molar-refractivity contribution in [3.63, 3.8) is 0 Å². The molecule has 2 aromatic rings. The number of hydrogen-bond acceptors (Lipinski definition) is 2. The van der Waals surface area contributed by atoms with Crippen molar-refractivity contribution in [2.75, 3.05) is 27.2 Å². The minimum atomic E-state index is 0.0980.